The molecule has 0 saturated carbocycles. The first-order valence-corrected chi connectivity index (χ1v) is 7.34. The Labute approximate surface area is 133 Å². The topological polar surface area (TPSA) is 43.8 Å². The summed E-state index contributed by atoms with van der Waals surface area (Å²) >= 11 is 0. The van der Waals surface area contributed by atoms with Crippen LogP contribution < -0.4 is 5.73 Å². The molecule has 0 aliphatic heterocycles. The molecule has 23 heavy (non-hydrogen) atoms. The summed E-state index contributed by atoms with van der Waals surface area (Å²) in [6.07, 6.45) is 0. The Morgan fingerprint density at radius 3 is 2.43 bits per heavy atom. The maximum absolute atomic E-state index is 14.1. The first-order chi connectivity index (χ1) is 11.1. The van der Waals surface area contributed by atoms with E-state index in [9.17, 15) is 8.78 Å². The molecule has 0 radical (unpaired) electrons. The molecule has 0 aliphatic carbocycles. The Hall–Kier alpha value is -2.53. The van der Waals surface area contributed by atoms with Crippen molar-refractivity contribution < 1.29 is 8.78 Å². The number of rotatable bonds is 4. The van der Waals surface area contributed by atoms with Crippen LogP contribution in [0.2, 0.25) is 0 Å². The molecular weight excluding hydrogens is 296 g/mol. The standard InChI is InChI=1S/C18H17F2N3/c1-23-18(15(11-21)14-4-2-3-5-16(14)20)10-17(22-23)12-6-8-13(19)9-7-12/h2-10,15H,11,21H2,1H3. The molecule has 118 valence electrons. The second kappa shape index (κ2) is 6.30. The Balaban J connectivity index is 2.02. The predicted molar refractivity (Wildman–Crippen MR) is 85.9 cm³/mol. The van der Waals surface area contributed by atoms with E-state index in [0.29, 0.717) is 11.3 Å². The van der Waals surface area contributed by atoms with Crippen LogP contribution in [0.5, 0.6) is 0 Å². The van der Waals surface area contributed by atoms with Gasteiger partial charge in [0.05, 0.1) is 5.69 Å². The predicted octanol–water partition coefficient (Wildman–Crippen LogP) is 3.46. The summed E-state index contributed by atoms with van der Waals surface area (Å²) in [6, 6.07) is 14.6. The largest absolute Gasteiger partial charge is 0.329 e. The van der Waals surface area contributed by atoms with Gasteiger partial charge in [0.25, 0.3) is 0 Å². The zero-order valence-corrected chi connectivity index (χ0v) is 12.7. The number of nitrogens with two attached hydrogens (primary N) is 1. The third-order valence-electron chi connectivity index (χ3n) is 3.93. The Kier molecular flexibility index (Phi) is 4.21. The number of aryl methyl sites for hydroxylation is 1. The molecule has 2 N–H and O–H groups in total. The number of hydrogen-bond acceptors (Lipinski definition) is 2. The van der Waals surface area contributed by atoms with Crippen LogP contribution >= 0.6 is 0 Å². The van der Waals surface area contributed by atoms with Gasteiger partial charge in [-0.1, -0.05) is 18.2 Å². The van der Waals surface area contributed by atoms with Crippen LogP contribution in [0.3, 0.4) is 0 Å². The SMILES string of the molecule is Cn1nc(-c2ccc(F)cc2)cc1C(CN)c1ccccc1F. The minimum absolute atomic E-state index is 0.267. The van der Waals surface area contributed by atoms with Gasteiger partial charge in [-0.15, -0.1) is 0 Å². The quantitative estimate of drug-likeness (QED) is 0.801. The van der Waals surface area contributed by atoms with Crippen LogP contribution in [-0.4, -0.2) is 16.3 Å². The van der Waals surface area contributed by atoms with Crippen molar-refractivity contribution >= 4 is 0 Å². The van der Waals surface area contributed by atoms with E-state index in [4.69, 9.17) is 5.73 Å². The van der Waals surface area contributed by atoms with E-state index in [0.717, 1.165) is 11.3 Å². The lowest BCUT2D eigenvalue weighted by molar-refractivity contribution is 0.583. The maximum Gasteiger partial charge on any atom is 0.127 e. The fourth-order valence-electron chi connectivity index (χ4n) is 2.73. The lowest BCUT2D eigenvalue weighted by Crippen LogP contribution is -2.18. The highest BCUT2D eigenvalue weighted by Gasteiger charge is 2.21. The highest BCUT2D eigenvalue weighted by atomic mass is 19.1. The number of nitrogens with zero attached hydrogens (tertiary/aromatic N) is 2. The van der Waals surface area contributed by atoms with Crippen LogP contribution in [0.4, 0.5) is 8.78 Å². The molecule has 5 heteroatoms. The van der Waals surface area contributed by atoms with Gasteiger partial charge in [0, 0.05) is 30.8 Å². The Morgan fingerprint density at radius 2 is 1.78 bits per heavy atom. The van der Waals surface area contributed by atoms with Gasteiger partial charge in [0.15, 0.2) is 0 Å². The summed E-state index contributed by atoms with van der Waals surface area (Å²) in [6.45, 7) is 0.267. The summed E-state index contributed by atoms with van der Waals surface area (Å²) in [4.78, 5) is 0. The highest BCUT2D eigenvalue weighted by Crippen LogP contribution is 2.29. The van der Waals surface area contributed by atoms with Gasteiger partial charge in [0.1, 0.15) is 11.6 Å². The summed E-state index contributed by atoms with van der Waals surface area (Å²) in [5.41, 5.74) is 8.76. The van der Waals surface area contributed by atoms with E-state index < -0.39 is 0 Å². The smallest absolute Gasteiger partial charge is 0.127 e. The van der Waals surface area contributed by atoms with Gasteiger partial charge >= 0.3 is 0 Å². The van der Waals surface area contributed by atoms with Crippen molar-refractivity contribution in [3.63, 3.8) is 0 Å². The van der Waals surface area contributed by atoms with Crippen molar-refractivity contribution in [1.82, 2.24) is 9.78 Å². The molecule has 1 heterocycles. The monoisotopic (exact) mass is 313 g/mol. The fraction of sp³-hybridized carbons (Fsp3) is 0.167. The first kappa shape index (κ1) is 15.4. The molecule has 2 aromatic carbocycles. The van der Waals surface area contributed by atoms with E-state index in [2.05, 4.69) is 5.10 Å². The van der Waals surface area contributed by atoms with E-state index in [1.807, 2.05) is 6.07 Å². The minimum Gasteiger partial charge on any atom is -0.329 e. The lowest BCUT2D eigenvalue weighted by atomic mass is 9.94. The van der Waals surface area contributed by atoms with Crippen molar-refractivity contribution in [3.05, 3.63) is 77.5 Å². The van der Waals surface area contributed by atoms with Crippen LogP contribution in [-0.2, 0) is 7.05 Å². The van der Waals surface area contributed by atoms with E-state index in [-0.39, 0.29) is 24.1 Å². The van der Waals surface area contributed by atoms with Crippen molar-refractivity contribution in [2.45, 2.75) is 5.92 Å². The van der Waals surface area contributed by atoms with Crippen LogP contribution in [0.25, 0.3) is 11.3 Å². The molecule has 0 aliphatic rings. The third-order valence-corrected chi connectivity index (χ3v) is 3.93. The normalized spacial score (nSPS) is 12.3. The average molecular weight is 313 g/mol. The zero-order valence-electron chi connectivity index (χ0n) is 12.7. The van der Waals surface area contributed by atoms with Crippen molar-refractivity contribution in [3.8, 4) is 11.3 Å². The zero-order chi connectivity index (χ0) is 16.4. The number of hydrogen-bond donors (Lipinski definition) is 1. The third kappa shape index (κ3) is 3.00. The van der Waals surface area contributed by atoms with E-state index >= 15 is 0 Å². The Bertz CT molecular complexity index is 809. The van der Waals surface area contributed by atoms with Crippen LogP contribution in [0.1, 0.15) is 17.2 Å². The van der Waals surface area contributed by atoms with Gasteiger partial charge in [-0.05, 0) is 42.0 Å². The van der Waals surface area contributed by atoms with Gasteiger partial charge in [-0.25, -0.2) is 8.78 Å². The summed E-state index contributed by atoms with van der Waals surface area (Å²) in [5.74, 6) is -0.869. The van der Waals surface area contributed by atoms with Gasteiger partial charge in [0.2, 0.25) is 0 Å². The molecule has 0 bridgehead atoms. The molecule has 3 rings (SSSR count). The van der Waals surface area contributed by atoms with Gasteiger partial charge in [-0.3, -0.25) is 4.68 Å². The van der Waals surface area contributed by atoms with Crippen LogP contribution in [0.15, 0.2) is 54.6 Å². The lowest BCUT2D eigenvalue weighted by Gasteiger charge is -2.16. The molecule has 1 aromatic heterocycles. The van der Waals surface area contributed by atoms with Crippen molar-refractivity contribution in [2.75, 3.05) is 6.54 Å². The Morgan fingerprint density at radius 1 is 1.09 bits per heavy atom. The first-order valence-electron chi connectivity index (χ1n) is 7.34. The fourth-order valence-corrected chi connectivity index (χ4v) is 2.73. The molecule has 0 saturated heterocycles. The summed E-state index contributed by atoms with van der Waals surface area (Å²) in [7, 11) is 1.80. The van der Waals surface area contributed by atoms with Gasteiger partial charge < -0.3 is 5.73 Å². The second-order valence-electron chi connectivity index (χ2n) is 5.39. The van der Waals surface area contributed by atoms with E-state index in [1.165, 1.54) is 18.2 Å². The molecule has 0 fully saturated rings. The average Bonchev–Trinajstić information content (AvgIpc) is 2.92. The highest BCUT2D eigenvalue weighted by molar-refractivity contribution is 5.59. The second-order valence-corrected chi connectivity index (χ2v) is 5.39. The van der Waals surface area contributed by atoms with Crippen molar-refractivity contribution in [1.29, 1.82) is 0 Å². The summed E-state index contributed by atoms with van der Waals surface area (Å²) < 4.78 is 28.8. The number of halogens is 2. The molecule has 3 nitrogen and oxygen atoms in total. The van der Waals surface area contributed by atoms with Crippen molar-refractivity contribution in [2.24, 2.45) is 12.8 Å². The minimum atomic E-state index is -0.295. The molecule has 1 unspecified atom stereocenters. The molecular formula is C18H17F2N3. The summed E-state index contributed by atoms with van der Waals surface area (Å²) in [5, 5.41) is 4.45. The molecule has 0 amide bonds. The van der Waals surface area contributed by atoms with Gasteiger partial charge in [-0.2, -0.15) is 5.10 Å². The molecule has 0 spiro atoms. The molecule has 3 aromatic rings. The van der Waals surface area contributed by atoms with E-state index in [1.54, 1.807) is 42.1 Å². The number of benzene rings is 2. The maximum atomic E-state index is 14.1. The number of aromatic nitrogens is 2. The molecule has 1 atom stereocenters. The van der Waals surface area contributed by atoms with Crippen LogP contribution in [0, 0.1) is 11.6 Å².